The number of hydrogen-bond donors (Lipinski definition) is 2. The van der Waals surface area contributed by atoms with E-state index in [0.29, 0.717) is 19.8 Å². The monoisotopic (exact) mass is 460 g/mol. The Balaban J connectivity index is 3.39. The lowest BCUT2D eigenvalue weighted by atomic mass is 10.1. The van der Waals surface area contributed by atoms with Crippen LogP contribution in [0.3, 0.4) is 0 Å². The Labute approximate surface area is 196 Å². The second-order valence-corrected chi connectivity index (χ2v) is 11.2. The van der Waals surface area contributed by atoms with Crippen LogP contribution in [-0.2, 0) is 13.3 Å². The lowest BCUT2D eigenvalue weighted by Crippen LogP contribution is -2.46. The fourth-order valence-corrected chi connectivity index (χ4v) is 6.56. The Morgan fingerprint density at radius 3 is 1.26 bits per heavy atom. The molecule has 0 fully saturated rings. The van der Waals surface area contributed by atoms with Crippen molar-refractivity contribution in [3.05, 3.63) is 0 Å². The van der Waals surface area contributed by atoms with Crippen LogP contribution in [0, 0.1) is 0 Å². The Hall–Kier alpha value is 0.0169. The Kier molecular flexibility index (Phi) is 24.7. The van der Waals surface area contributed by atoms with Crippen LogP contribution in [0.5, 0.6) is 0 Å². The maximum Gasteiger partial charge on any atom is 0.500 e. The third kappa shape index (κ3) is 20.4. The summed E-state index contributed by atoms with van der Waals surface area (Å²) >= 11 is 0. The molecular formula is C25H56N2O3Si. The van der Waals surface area contributed by atoms with Gasteiger partial charge in [0, 0.05) is 39.0 Å². The summed E-state index contributed by atoms with van der Waals surface area (Å²) < 4.78 is 17.7. The number of nitrogens with one attached hydrogen (secondary N) is 2. The molecule has 2 N–H and O–H groups in total. The van der Waals surface area contributed by atoms with E-state index < -0.39 is 8.80 Å². The molecule has 0 saturated carbocycles. The molecule has 0 bridgehead atoms. The van der Waals surface area contributed by atoms with Gasteiger partial charge in [0.2, 0.25) is 0 Å². The van der Waals surface area contributed by atoms with Crippen LogP contribution < -0.4 is 10.6 Å². The van der Waals surface area contributed by atoms with Gasteiger partial charge in [-0.3, -0.25) is 0 Å². The number of unbranched alkanes of at least 4 members (excludes halogenated alkanes) is 11. The van der Waals surface area contributed by atoms with Crippen molar-refractivity contribution in [2.45, 2.75) is 117 Å². The van der Waals surface area contributed by atoms with E-state index in [2.05, 4.69) is 17.6 Å². The van der Waals surface area contributed by atoms with Crippen molar-refractivity contribution in [3.63, 3.8) is 0 Å². The molecule has 0 aromatic carbocycles. The lowest BCUT2D eigenvalue weighted by Gasteiger charge is -2.28. The first-order chi connectivity index (χ1) is 15.2. The second kappa shape index (κ2) is 24.7. The molecule has 5 nitrogen and oxygen atoms in total. The highest BCUT2D eigenvalue weighted by molar-refractivity contribution is 6.60. The van der Waals surface area contributed by atoms with E-state index in [9.17, 15) is 0 Å². The van der Waals surface area contributed by atoms with Crippen LogP contribution >= 0.6 is 0 Å². The molecule has 0 radical (unpaired) electrons. The molecule has 0 aromatic rings. The zero-order chi connectivity index (χ0) is 22.9. The van der Waals surface area contributed by atoms with E-state index in [1.165, 1.54) is 77.0 Å². The first-order valence-electron chi connectivity index (χ1n) is 13.6. The molecule has 0 aliphatic rings. The molecule has 0 spiro atoms. The van der Waals surface area contributed by atoms with Crippen molar-refractivity contribution in [2.75, 3.05) is 46.0 Å². The van der Waals surface area contributed by atoms with Crippen molar-refractivity contribution < 1.29 is 13.3 Å². The highest BCUT2D eigenvalue weighted by Gasteiger charge is 2.39. The summed E-state index contributed by atoms with van der Waals surface area (Å²) in [5.41, 5.74) is 0. The maximum absolute atomic E-state index is 5.90. The first-order valence-corrected chi connectivity index (χ1v) is 15.5. The van der Waals surface area contributed by atoms with E-state index >= 15 is 0 Å². The van der Waals surface area contributed by atoms with Gasteiger partial charge in [0.05, 0.1) is 0 Å². The van der Waals surface area contributed by atoms with Gasteiger partial charge in [0.25, 0.3) is 0 Å². The van der Waals surface area contributed by atoms with Gasteiger partial charge in [-0.25, -0.2) is 0 Å². The minimum absolute atomic E-state index is 0.655. The summed E-state index contributed by atoms with van der Waals surface area (Å²) in [5.74, 6) is 0. The molecule has 31 heavy (non-hydrogen) atoms. The Morgan fingerprint density at radius 1 is 0.452 bits per heavy atom. The van der Waals surface area contributed by atoms with Crippen molar-refractivity contribution in [3.8, 4) is 0 Å². The SMILES string of the molecule is CCCCCCCCCCCCCCNCCNCCC[Si](OCC)(OCC)OCC. The highest BCUT2D eigenvalue weighted by Crippen LogP contribution is 2.17. The molecule has 188 valence electrons. The summed E-state index contributed by atoms with van der Waals surface area (Å²) in [4.78, 5) is 0. The normalized spacial score (nSPS) is 12.0. The van der Waals surface area contributed by atoms with Crippen molar-refractivity contribution in [2.24, 2.45) is 0 Å². The minimum atomic E-state index is -2.46. The summed E-state index contributed by atoms with van der Waals surface area (Å²) in [5, 5.41) is 7.09. The van der Waals surface area contributed by atoms with Crippen LogP contribution in [0.4, 0.5) is 0 Å². The van der Waals surface area contributed by atoms with Crippen LogP contribution in [0.25, 0.3) is 0 Å². The van der Waals surface area contributed by atoms with Crippen LogP contribution in [0.15, 0.2) is 0 Å². The molecule has 0 aromatic heterocycles. The molecule has 0 aliphatic carbocycles. The fourth-order valence-electron chi connectivity index (χ4n) is 3.95. The smallest absolute Gasteiger partial charge is 0.374 e. The quantitative estimate of drug-likeness (QED) is 0.117. The van der Waals surface area contributed by atoms with Crippen LogP contribution in [0.1, 0.15) is 111 Å². The van der Waals surface area contributed by atoms with Gasteiger partial charge in [-0.15, -0.1) is 0 Å². The number of hydrogen-bond acceptors (Lipinski definition) is 5. The highest BCUT2D eigenvalue weighted by atomic mass is 28.4. The van der Waals surface area contributed by atoms with Crippen LogP contribution in [-0.4, -0.2) is 54.8 Å². The van der Waals surface area contributed by atoms with Crippen molar-refractivity contribution in [1.29, 1.82) is 0 Å². The molecular weight excluding hydrogens is 404 g/mol. The fraction of sp³-hybridized carbons (Fsp3) is 1.00. The predicted octanol–water partition coefficient (Wildman–Crippen LogP) is 6.31. The third-order valence-corrected chi connectivity index (χ3v) is 8.77. The van der Waals surface area contributed by atoms with Gasteiger partial charge < -0.3 is 23.9 Å². The maximum atomic E-state index is 5.90. The average Bonchev–Trinajstić information content (AvgIpc) is 2.76. The van der Waals surface area contributed by atoms with Gasteiger partial charge in [-0.05, 0) is 46.7 Å². The Bertz CT molecular complexity index is 332. The van der Waals surface area contributed by atoms with E-state index in [4.69, 9.17) is 13.3 Å². The molecule has 0 saturated heterocycles. The summed E-state index contributed by atoms with van der Waals surface area (Å²) in [6, 6.07) is 0.891. The topological polar surface area (TPSA) is 51.8 Å². The van der Waals surface area contributed by atoms with Gasteiger partial charge in [0.15, 0.2) is 0 Å². The van der Waals surface area contributed by atoms with Gasteiger partial charge >= 0.3 is 8.80 Å². The van der Waals surface area contributed by atoms with E-state index in [1.807, 2.05) is 20.8 Å². The largest absolute Gasteiger partial charge is 0.500 e. The standard InChI is InChI=1S/C25H56N2O3Si/c1-5-9-10-11-12-13-14-15-16-17-18-19-21-26-23-24-27-22-20-25-31(28-6-2,29-7-3)30-8-4/h26-27H,5-25H2,1-4H3. The van der Waals surface area contributed by atoms with E-state index in [1.54, 1.807) is 0 Å². The summed E-state index contributed by atoms with van der Waals surface area (Å²) in [6.45, 7) is 14.5. The first kappa shape index (κ1) is 31.0. The zero-order valence-electron chi connectivity index (χ0n) is 21.6. The van der Waals surface area contributed by atoms with Gasteiger partial charge in [0.1, 0.15) is 0 Å². The average molecular weight is 461 g/mol. The molecule has 0 heterocycles. The van der Waals surface area contributed by atoms with Gasteiger partial charge in [-0.1, -0.05) is 77.6 Å². The summed E-state index contributed by atoms with van der Waals surface area (Å²) in [7, 11) is -2.46. The second-order valence-electron chi connectivity index (χ2n) is 8.47. The van der Waals surface area contributed by atoms with E-state index in [-0.39, 0.29) is 0 Å². The van der Waals surface area contributed by atoms with Gasteiger partial charge in [-0.2, -0.15) is 0 Å². The molecule has 0 unspecified atom stereocenters. The third-order valence-electron chi connectivity index (χ3n) is 5.61. The van der Waals surface area contributed by atoms with Crippen molar-refractivity contribution >= 4 is 8.80 Å². The summed E-state index contributed by atoms with van der Waals surface area (Å²) in [6.07, 6.45) is 18.0. The van der Waals surface area contributed by atoms with Crippen molar-refractivity contribution in [1.82, 2.24) is 10.6 Å². The van der Waals surface area contributed by atoms with E-state index in [0.717, 1.165) is 38.6 Å². The molecule has 6 heteroatoms. The molecule has 0 aliphatic heterocycles. The molecule has 0 rings (SSSR count). The zero-order valence-corrected chi connectivity index (χ0v) is 22.6. The lowest BCUT2D eigenvalue weighted by molar-refractivity contribution is 0.0708. The minimum Gasteiger partial charge on any atom is -0.374 e. The molecule has 0 amide bonds. The van der Waals surface area contributed by atoms with Crippen LogP contribution in [0.2, 0.25) is 6.04 Å². The Morgan fingerprint density at radius 2 is 0.839 bits per heavy atom. The predicted molar refractivity (Wildman–Crippen MR) is 137 cm³/mol. The number of rotatable bonds is 26. The molecule has 0 atom stereocenters.